The first-order chi connectivity index (χ1) is 8.24. The van der Waals surface area contributed by atoms with Gasteiger partial charge in [-0.05, 0) is 37.1 Å². The summed E-state index contributed by atoms with van der Waals surface area (Å²) >= 11 is 12.1. The Hall–Kier alpha value is -0.990. The first-order valence-corrected chi connectivity index (χ1v) is 6.50. The van der Waals surface area contributed by atoms with Gasteiger partial charge in [0.15, 0.2) is 0 Å². The van der Waals surface area contributed by atoms with E-state index in [4.69, 9.17) is 23.2 Å². The molecule has 1 aliphatic carbocycles. The maximum atomic E-state index is 6.15. The van der Waals surface area contributed by atoms with E-state index in [0.717, 1.165) is 11.3 Å². The highest BCUT2D eigenvalue weighted by molar-refractivity contribution is 6.35. The second-order valence-electron chi connectivity index (χ2n) is 4.46. The standard InChI is InChI=1S/C13H12Cl2N2/c14-9-4-5-11(15)10(6-9)13-7-12(16-17-13)8-2-1-3-8/h4-8H,1-3H2,(H,16,17). The quantitative estimate of drug-likeness (QED) is 0.842. The zero-order valence-corrected chi connectivity index (χ0v) is 10.7. The van der Waals surface area contributed by atoms with Crippen molar-refractivity contribution in [3.63, 3.8) is 0 Å². The zero-order valence-electron chi connectivity index (χ0n) is 9.21. The Balaban J connectivity index is 1.97. The molecule has 2 nitrogen and oxygen atoms in total. The normalized spacial score (nSPS) is 15.9. The first kappa shape index (κ1) is 11.1. The van der Waals surface area contributed by atoms with Gasteiger partial charge in [0, 0.05) is 22.2 Å². The van der Waals surface area contributed by atoms with Gasteiger partial charge >= 0.3 is 0 Å². The minimum Gasteiger partial charge on any atom is -0.282 e. The topological polar surface area (TPSA) is 28.7 Å². The van der Waals surface area contributed by atoms with Gasteiger partial charge in [-0.1, -0.05) is 29.6 Å². The van der Waals surface area contributed by atoms with E-state index in [1.807, 2.05) is 6.07 Å². The zero-order chi connectivity index (χ0) is 11.8. The molecule has 0 radical (unpaired) electrons. The van der Waals surface area contributed by atoms with E-state index < -0.39 is 0 Å². The molecule has 2 aromatic rings. The number of hydrogen-bond acceptors (Lipinski definition) is 1. The van der Waals surface area contributed by atoms with Gasteiger partial charge in [0.2, 0.25) is 0 Å². The number of halogens is 2. The summed E-state index contributed by atoms with van der Waals surface area (Å²) in [5.74, 6) is 0.647. The molecule has 1 fully saturated rings. The van der Waals surface area contributed by atoms with Crippen molar-refractivity contribution in [3.8, 4) is 11.3 Å². The number of aromatic amines is 1. The van der Waals surface area contributed by atoms with E-state index in [2.05, 4.69) is 16.3 Å². The molecule has 1 aromatic heterocycles. The maximum Gasteiger partial charge on any atom is 0.0939 e. The molecular formula is C13H12Cl2N2. The fraction of sp³-hybridized carbons (Fsp3) is 0.308. The highest BCUT2D eigenvalue weighted by Crippen LogP contribution is 2.37. The van der Waals surface area contributed by atoms with Crippen molar-refractivity contribution in [2.75, 3.05) is 0 Å². The third-order valence-electron chi connectivity index (χ3n) is 3.35. The summed E-state index contributed by atoms with van der Waals surface area (Å²) in [5, 5.41) is 8.78. The van der Waals surface area contributed by atoms with Crippen molar-refractivity contribution < 1.29 is 0 Å². The van der Waals surface area contributed by atoms with Crippen LogP contribution in [-0.2, 0) is 0 Å². The predicted octanol–water partition coefficient (Wildman–Crippen LogP) is 4.65. The molecule has 1 saturated carbocycles. The molecule has 88 valence electrons. The Morgan fingerprint density at radius 1 is 1.18 bits per heavy atom. The van der Waals surface area contributed by atoms with Crippen LogP contribution in [0.2, 0.25) is 10.0 Å². The maximum absolute atomic E-state index is 6.15. The van der Waals surface area contributed by atoms with E-state index in [-0.39, 0.29) is 0 Å². The average Bonchev–Trinajstić information content (AvgIpc) is 2.68. The largest absolute Gasteiger partial charge is 0.282 e. The van der Waals surface area contributed by atoms with E-state index in [1.165, 1.54) is 25.0 Å². The van der Waals surface area contributed by atoms with Crippen molar-refractivity contribution in [2.45, 2.75) is 25.2 Å². The minimum atomic E-state index is 0.647. The van der Waals surface area contributed by atoms with Crippen LogP contribution in [-0.4, -0.2) is 10.2 Å². The monoisotopic (exact) mass is 266 g/mol. The minimum absolute atomic E-state index is 0.647. The highest BCUT2D eigenvalue weighted by Gasteiger charge is 2.22. The van der Waals surface area contributed by atoms with Gasteiger partial charge in [0.05, 0.1) is 10.7 Å². The van der Waals surface area contributed by atoms with Crippen LogP contribution < -0.4 is 0 Å². The Morgan fingerprint density at radius 2 is 2.00 bits per heavy atom. The van der Waals surface area contributed by atoms with Crippen LogP contribution in [0.4, 0.5) is 0 Å². The Morgan fingerprint density at radius 3 is 2.71 bits per heavy atom. The van der Waals surface area contributed by atoms with Gasteiger partial charge < -0.3 is 0 Å². The molecule has 0 atom stereocenters. The van der Waals surface area contributed by atoms with Crippen LogP contribution in [0.5, 0.6) is 0 Å². The van der Waals surface area contributed by atoms with Crippen molar-refractivity contribution >= 4 is 23.2 Å². The smallest absolute Gasteiger partial charge is 0.0939 e. The summed E-state index contributed by atoms with van der Waals surface area (Å²) in [6.45, 7) is 0. The summed E-state index contributed by atoms with van der Waals surface area (Å²) in [6.07, 6.45) is 3.83. The van der Waals surface area contributed by atoms with Gasteiger partial charge in [-0.15, -0.1) is 0 Å². The number of hydrogen-bond donors (Lipinski definition) is 1. The molecule has 0 saturated heterocycles. The molecule has 0 spiro atoms. The number of aromatic nitrogens is 2. The van der Waals surface area contributed by atoms with E-state index in [9.17, 15) is 0 Å². The molecule has 17 heavy (non-hydrogen) atoms. The second kappa shape index (κ2) is 4.35. The molecule has 1 aliphatic rings. The fourth-order valence-electron chi connectivity index (χ4n) is 2.10. The number of nitrogens with zero attached hydrogens (tertiary/aromatic N) is 1. The van der Waals surface area contributed by atoms with Crippen LogP contribution in [0.3, 0.4) is 0 Å². The first-order valence-electron chi connectivity index (χ1n) is 5.75. The molecule has 0 unspecified atom stereocenters. The van der Waals surface area contributed by atoms with Crippen molar-refractivity contribution in [2.24, 2.45) is 0 Å². The molecule has 0 bridgehead atoms. The molecule has 4 heteroatoms. The third kappa shape index (κ3) is 2.07. The van der Waals surface area contributed by atoms with Gasteiger partial charge in [0.1, 0.15) is 0 Å². The fourth-order valence-corrected chi connectivity index (χ4v) is 2.48. The predicted molar refractivity (Wildman–Crippen MR) is 70.6 cm³/mol. The number of nitrogens with one attached hydrogen (secondary N) is 1. The van der Waals surface area contributed by atoms with Crippen molar-refractivity contribution in [1.82, 2.24) is 10.2 Å². The lowest BCUT2D eigenvalue weighted by Gasteiger charge is -2.23. The van der Waals surface area contributed by atoms with Crippen LogP contribution in [0.1, 0.15) is 30.9 Å². The SMILES string of the molecule is Clc1ccc(Cl)c(-c2cc(C3CCC3)[nH]n2)c1. The van der Waals surface area contributed by atoms with E-state index >= 15 is 0 Å². The van der Waals surface area contributed by atoms with Crippen molar-refractivity contribution in [1.29, 1.82) is 0 Å². The second-order valence-corrected chi connectivity index (χ2v) is 5.30. The van der Waals surface area contributed by atoms with Crippen LogP contribution >= 0.6 is 23.2 Å². The Kier molecular flexibility index (Phi) is 2.85. The lowest BCUT2D eigenvalue weighted by molar-refractivity contribution is 0.410. The molecule has 0 aliphatic heterocycles. The molecule has 1 aromatic carbocycles. The third-order valence-corrected chi connectivity index (χ3v) is 3.91. The van der Waals surface area contributed by atoms with E-state index in [0.29, 0.717) is 16.0 Å². The summed E-state index contributed by atoms with van der Waals surface area (Å²) in [5.41, 5.74) is 2.97. The average molecular weight is 267 g/mol. The van der Waals surface area contributed by atoms with E-state index in [1.54, 1.807) is 12.1 Å². The van der Waals surface area contributed by atoms with Gasteiger partial charge in [-0.3, -0.25) is 5.10 Å². The molecule has 0 amide bonds. The molecular weight excluding hydrogens is 255 g/mol. The molecule has 3 rings (SSSR count). The highest BCUT2D eigenvalue weighted by atomic mass is 35.5. The van der Waals surface area contributed by atoms with Crippen LogP contribution in [0.25, 0.3) is 11.3 Å². The summed E-state index contributed by atoms with van der Waals surface area (Å²) < 4.78 is 0. The summed E-state index contributed by atoms with van der Waals surface area (Å²) in [4.78, 5) is 0. The van der Waals surface area contributed by atoms with Crippen molar-refractivity contribution in [3.05, 3.63) is 40.0 Å². The number of rotatable bonds is 2. The molecule has 1 N–H and O–H groups in total. The molecule has 1 heterocycles. The van der Waals surface area contributed by atoms with Gasteiger partial charge in [-0.2, -0.15) is 5.10 Å². The van der Waals surface area contributed by atoms with Crippen LogP contribution in [0.15, 0.2) is 24.3 Å². The number of H-pyrrole nitrogens is 1. The van der Waals surface area contributed by atoms with Gasteiger partial charge in [0.25, 0.3) is 0 Å². The summed E-state index contributed by atoms with van der Waals surface area (Å²) in [6, 6.07) is 7.52. The lowest BCUT2D eigenvalue weighted by Crippen LogP contribution is -2.08. The Bertz CT molecular complexity index is 544. The van der Waals surface area contributed by atoms with Gasteiger partial charge in [-0.25, -0.2) is 0 Å². The number of benzene rings is 1. The summed E-state index contributed by atoms with van der Waals surface area (Å²) in [7, 11) is 0. The lowest BCUT2D eigenvalue weighted by atomic mass is 9.83. The Labute approximate surface area is 110 Å². The van der Waals surface area contributed by atoms with Crippen LogP contribution in [0, 0.1) is 0 Å².